The van der Waals surface area contributed by atoms with Gasteiger partial charge >= 0.3 is 5.97 Å². The van der Waals surface area contributed by atoms with E-state index < -0.39 is 16.0 Å². The zero-order valence-corrected chi connectivity index (χ0v) is 14.8. The maximum Gasteiger partial charge on any atom is 0.337 e. The molecule has 0 unspecified atom stereocenters. The molecule has 0 saturated heterocycles. The van der Waals surface area contributed by atoms with E-state index in [1.165, 1.54) is 30.3 Å². The van der Waals surface area contributed by atoms with Gasteiger partial charge in [-0.3, -0.25) is 9.71 Å². The number of hydrogen-bond donors (Lipinski definition) is 2. The van der Waals surface area contributed by atoms with Crippen molar-refractivity contribution < 1.29 is 18.3 Å². The maximum atomic E-state index is 12.6. The molecule has 0 aliphatic rings. The van der Waals surface area contributed by atoms with Crippen molar-refractivity contribution in [3.8, 4) is 11.1 Å². The van der Waals surface area contributed by atoms with Crippen LogP contribution in [-0.4, -0.2) is 24.5 Å². The number of pyridine rings is 1. The van der Waals surface area contributed by atoms with Crippen molar-refractivity contribution >= 4 is 33.3 Å². The molecule has 0 saturated carbocycles. The number of carboxylic acid groups (broad SMARTS) is 1. The third-order valence-electron chi connectivity index (χ3n) is 3.62. The Balaban J connectivity index is 1.91. The Bertz CT molecular complexity index is 1050. The van der Waals surface area contributed by atoms with Gasteiger partial charge in [-0.2, -0.15) is 0 Å². The van der Waals surface area contributed by atoms with Gasteiger partial charge in [0.2, 0.25) is 0 Å². The minimum Gasteiger partial charge on any atom is -0.478 e. The van der Waals surface area contributed by atoms with Crippen molar-refractivity contribution in [1.82, 2.24) is 4.98 Å². The lowest BCUT2D eigenvalue weighted by Crippen LogP contribution is -2.15. The van der Waals surface area contributed by atoms with Crippen LogP contribution in [0.3, 0.4) is 0 Å². The van der Waals surface area contributed by atoms with Crippen molar-refractivity contribution in [3.05, 3.63) is 77.6 Å². The Hall–Kier alpha value is -2.90. The van der Waals surface area contributed by atoms with Crippen LogP contribution in [0, 0.1) is 0 Å². The molecule has 1 heterocycles. The average molecular weight is 389 g/mol. The van der Waals surface area contributed by atoms with E-state index in [2.05, 4.69) is 9.71 Å². The van der Waals surface area contributed by atoms with Crippen LogP contribution >= 0.6 is 11.6 Å². The third-order valence-corrected chi connectivity index (χ3v) is 5.23. The number of rotatable bonds is 5. The fourth-order valence-electron chi connectivity index (χ4n) is 2.35. The quantitative estimate of drug-likeness (QED) is 0.690. The predicted octanol–water partition coefficient (Wildman–Crippen LogP) is 3.90. The number of benzene rings is 2. The van der Waals surface area contributed by atoms with Gasteiger partial charge in [0.25, 0.3) is 10.0 Å². The van der Waals surface area contributed by atoms with Crippen molar-refractivity contribution in [2.24, 2.45) is 0 Å². The summed E-state index contributed by atoms with van der Waals surface area (Å²) in [6, 6.07) is 13.8. The molecule has 0 radical (unpaired) electrons. The second-order valence-electron chi connectivity index (χ2n) is 5.37. The maximum absolute atomic E-state index is 12.6. The number of sulfonamides is 1. The van der Waals surface area contributed by atoms with Crippen LogP contribution in [-0.2, 0) is 10.0 Å². The Morgan fingerprint density at radius 3 is 2.38 bits per heavy atom. The normalized spacial score (nSPS) is 11.1. The van der Waals surface area contributed by atoms with Gasteiger partial charge in [-0.25, -0.2) is 13.2 Å². The van der Waals surface area contributed by atoms with E-state index in [1.807, 2.05) is 6.07 Å². The smallest absolute Gasteiger partial charge is 0.337 e. The monoisotopic (exact) mass is 388 g/mol. The highest BCUT2D eigenvalue weighted by atomic mass is 35.5. The number of aromatic carboxylic acids is 1. The summed E-state index contributed by atoms with van der Waals surface area (Å²) in [5, 5.41) is 9.42. The molecule has 3 aromatic rings. The highest BCUT2D eigenvalue weighted by molar-refractivity contribution is 7.92. The lowest BCUT2D eigenvalue weighted by Gasteiger charge is -2.11. The zero-order valence-electron chi connectivity index (χ0n) is 13.3. The second-order valence-corrected chi connectivity index (χ2v) is 7.49. The van der Waals surface area contributed by atoms with E-state index >= 15 is 0 Å². The average Bonchev–Trinajstić information content (AvgIpc) is 2.64. The molecule has 0 bridgehead atoms. The highest BCUT2D eigenvalue weighted by Crippen LogP contribution is 2.25. The molecule has 0 fully saturated rings. The van der Waals surface area contributed by atoms with E-state index in [0.29, 0.717) is 0 Å². The fourth-order valence-corrected chi connectivity index (χ4v) is 3.60. The first-order chi connectivity index (χ1) is 12.4. The van der Waals surface area contributed by atoms with Crippen LogP contribution in [0.4, 0.5) is 5.69 Å². The molecular formula is C18H13ClN2O4S. The zero-order chi connectivity index (χ0) is 18.7. The van der Waals surface area contributed by atoms with E-state index in [4.69, 9.17) is 11.6 Å². The largest absolute Gasteiger partial charge is 0.478 e. The van der Waals surface area contributed by atoms with Gasteiger partial charge in [0.15, 0.2) is 0 Å². The van der Waals surface area contributed by atoms with Gasteiger partial charge < -0.3 is 5.11 Å². The molecule has 8 heteroatoms. The standard InChI is InChI=1S/C18H13ClN2O4S/c19-14-5-8-17(16(10-14)18(22)23)21-26(24,25)15-6-3-12(4-7-15)13-2-1-9-20-11-13/h1-11,21H,(H,22,23). The van der Waals surface area contributed by atoms with Gasteiger partial charge in [0.05, 0.1) is 16.1 Å². The Labute approximate surface area is 155 Å². The molecule has 6 nitrogen and oxygen atoms in total. The number of nitrogens with zero attached hydrogens (tertiary/aromatic N) is 1. The number of aromatic nitrogens is 1. The third kappa shape index (κ3) is 3.84. The van der Waals surface area contributed by atoms with Crippen LogP contribution < -0.4 is 4.72 Å². The summed E-state index contributed by atoms with van der Waals surface area (Å²) >= 11 is 5.78. The number of hydrogen-bond acceptors (Lipinski definition) is 4. The van der Waals surface area contributed by atoms with Crippen molar-refractivity contribution in [3.63, 3.8) is 0 Å². The Morgan fingerprint density at radius 2 is 1.77 bits per heavy atom. The van der Waals surface area contributed by atoms with Gasteiger partial charge in [-0.1, -0.05) is 29.8 Å². The molecular weight excluding hydrogens is 376 g/mol. The summed E-state index contributed by atoms with van der Waals surface area (Å²) in [6.45, 7) is 0. The number of halogens is 1. The molecule has 0 spiro atoms. The summed E-state index contributed by atoms with van der Waals surface area (Å²) in [7, 11) is -3.95. The van der Waals surface area contributed by atoms with E-state index in [-0.39, 0.29) is 21.2 Å². The first-order valence-electron chi connectivity index (χ1n) is 7.43. The molecule has 132 valence electrons. The van der Waals surface area contributed by atoms with Crippen LogP contribution in [0.1, 0.15) is 10.4 Å². The summed E-state index contributed by atoms with van der Waals surface area (Å²) in [6.07, 6.45) is 3.33. The predicted molar refractivity (Wildman–Crippen MR) is 98.9 cm³/mol. The second kappa shape index (κ2) is 7.15. The van der Waals surface area contributed by atoms with Gasteiger partial charge in [0, 0.05) is 17.4 Å². The summed E-state index contributed by atoms with van der Waals surface area (Å²) in [5.41, 5.74) is 1.39. The molecule has 0 atom stereocenters. The lowest BCUT2D eigenvalue weighted by atomic mass is 10.1. The highest BCUT2D eigenvalue weighted by Gasteiger charge is 2.19. The van der Waals surface area contributed by atoms with Gasteiger partial charge in [0.1, 0.15) is 0 Å². The summed E-state index contributed by atoms with van der Waals surface area (Å²) in [4.78, 5) is 15.3. The lowest BCUT2D eigenvalue weighted by molar-refractivity contribution is 0.0698. The number of carbonyl (C=O) groups is 1. The molecule has 2 aromatic carbocycles. The SMILES string of the molecule is O=C(O)c1cc(Cl)ccc1NS(=O)(=O)c1ccc(-c2cccnc2)cc1. The Morgan fingerprint density at radius 1 is 1.04 bits per heavy atom. The number of carboxylic acids is 1. The molecule has 0 aliphatic heterocycles. The first-order valence-corrected chi connectivity index (χ1v) is 9.29. The molecule has 0 amide bonds. The minimum absolute atomic E-state index is 0.0106. The topological polar surface area (TPSA) is 96.4 Å². The van der Waals surface area contributed by atoms with E-state index in [9.17, 15) is 18.3 Å². The minimum atomic E-state index is -3.95. The van der Waals surface area contributed by atoms with Crippen molar-refractivity contribution in [1.29, 1.82) is 0 Å². The van der Waals surface area contributed by atoms with Crippen molar-refractivity contribution in [2.45, 2.75) is 4.90 Å². The molecule has 3 rings (SSSR count). The first kappa shape index (κ1) is 17.9. The Kier molecular flexibility index (Phi) is 4.92. The molecule has 26 heavy (non-hydrogen) atoms. The van der Waals surface area contributed by atoms with Crippen LogP contribution in [0.2, 0.25) is 5.02 Å². The summed E-state index contributed by atoms with van der Waals surface area (Å²) in [5.74, 6) is -1.28. The van der Waals surface area contributed by atoms with Gasteiger partial charge in [-0.05, 0) is 47.5 Å². The van der Waals surface area contributed by atoms with Gasteiger partial charge in [-0.15, -0.1) is 0 Å². The number of anilines is 1. The summed E-state index contributed by atoms with van der Waals surface area (Å²) < 4.78 is 27.4. The van der Waals surface area contributed by atoms with Crippen molar-refractivity contribution in [2.75, 3.05) is 4.72 Å². The van der Waals surface area contributed by atoms with Crippen LogP contribution in [0.15, 0.2) is 71.9 Å². The van der Waals surface area contributed by atoms with E-state index in [1.54, 1.807) is 30.6 Å². The van der Waals surface area contributed by atoms with Crippen LogP contribution in [0.5, 0.6) is 0 Å². The molecule has 0 aliphatic carbocycles. The molecule has 2 N–H and O–H groups in total. The fraction of sp³-hybridized carbons (Fsp3) is 0. The van der Waals surface area contributed by atoms with E-state index in [0.717, 1.165) is 11.1 Å². The number of nitrogens with one attached hydrogen (secondary N) is 1. The van der Waals surface area contributed by atoms with Crippen LogP contribution in [0.25, 0.3) is 11.1 Å². The molecule has 1 aromatic heterocycles.